The molecule has 1 atom stereocenters. The summed E-state index contributed by atoms with van der Waals surface area (Å²) in [6, 6.07) is 11.6. The van der Waals surface area contributed by atoms with Gasteiger partial charge in [-0.15, -0.1) is 0 Å². The Morgan fingerprint density at radius 2 is 1.45 bits per heavy atom. The Bertz CT molecular complexity index is 457. The molecule has 6 heteroatoms. The quantitative estimate of drug-likeness (QED) is 0.207. The minimum absolute atomic E-state index is 0. The van der Waals surface area contributed by atoms with E-state index in [2.05, 4.69) is 45.9 Å². The average molecular weight is 556 g/mol. The Morgan fingerprint density at radius 3 is 1.90 bits per heavy atom. The molecule has 0 amide bonds. The van der Waals surface area contributed by atoms with Gasteiger partial charge in [0.05, 0.1) is 0 Å². The fourth-order valence-corrected chi connectivity index (χ4v) is 2.56. The number of hydrogen-bond donors (Lipinski definition) is 0. The van der Waals surface area contributed by atoms with Crippen molar-refractivity contribution in [2.75, 3.05) is 0 Å². The number of phosphoric acid groups is 1. The van der Waals surface area contributed by atoms with Crippen LogP contribution in [-0.4, -0.2) is 0 Å². The van der Waals surface area contributed by atoms with Gasteiger partial charge in [-0.1, -0.05) is 97.8 Å². The second-order valence-electron chi connectivity index (χ2n) is 7.12. The largest absolute Gasteiger partial charge is 3.00 e. The van der Waals surface area contributed by atoms with E-state index in [1.165, 1.54) is 82.6 Å². The standard InChI is InChI=1S/C15H23.C8H17.Nd.H3O4P/c1-2-3-4-5-6-7-9-12-15-13-10-8-11-14-15;1-4-6-7-8(3)5-2;;1-5(2,3)4/h8,10-11,13H,2-7,9,12H2,1H3;8H,3-7H2,1-2H3;;(H3,1,2,3,4)/q2*-1;+3;/p-3. The van der Waals surface area contributed by atoms with E-state index in [9.17, 15) is 0 Å². The van der Waals surface area contributed by atoms with Crippen LogP contribution in [0.2, 0.25) is 0 Å². The van der Waals surface area contributed by atoms with Gasteiger partial charge in [0.25, 0.3) is 0 Å². The molecule has 4 nitrogen and oxygen atoms in total. The molecule has 0 N–H and O–H groups in total. The molecule has 1 radical (unpaired) electrons. The Labute approximate surface area is 213 Å². The average Bonchev–Trinajstić information content (AvgIpc) is 2.65. The number of hydrogen-bond acceptors (Lipinski definition) is 4. The van der Waals surface area contributed by atoms with Crippen LogP contribution in [0.25, 0.3) is 0 Å². The van der Waals surface area contributed by atoms with E-state index in [1.807, 2.05) is 12.1 Å². The molecular formula is C23H40NdO4P-2. The zero-order valence-electron chi connectivity index (χ0n) is 18.7. The van der Waals surface area contributed by atoms with Crippen LogP contribution in [0, 0.1) is 59.7 Å². The first-order valence-corrected chi connectivity index (χ1v) is 12.2. The molecule has 0 fully saturated rings. The van der Waals surface area contributed by atoms with Crippen LogP contribution in [0.5, 0.6) is 0 Å². The first kappa shape index (κ1) is 34.3. The molecule has 0 aliphatic rings. The van der Waals surface area contributed by atoms with Crippen molar-refractivity contribution in [3.63, 3.8) is 0 Å². The summed E-state index contributed by atoms with van der Waals surface area (Å²) >= 11 is 0. The number of unbranched alkanes of at least 4 members (excludes halogenated alkanes) is 7. The van der Waals surface area contributed by atoms with Gasteiger partial charge in [-0.25, -0.2) is 0 Å². The molecule has 29 heavy (non-hydrogen) atoms. The molecule has 167 valence electrons. The predicted octanol–water partition coefficient (Wildman–Crippen LogP) is 4.99. The first-order chi connectivity index (χ1) is 13.2. The minimum atomic E-state index is -5.39. The van der Waals surface area contributed by atoms with Crippen LogP contribution in [0.3, 0.4) is 0 Å². The predicted molar refractivity (Wildman–Crippen MR) is 113 cm³/mol. The number of aryl methyl sites for hydroxylation is 1. The monoisotopic (exact) mass is 553 g/mol. The maximum Gasteiger partial charge on any atom is 3.00 e. The summed E-state index contributed by atoms with van der Waals surface area (Å²) in [5, 5.41) is 0. The van der Waals surface area contributed by atoms with Crippen LogP contribution in [0.1, 0.15) is 97.0 Å². The van der Waals surface area contributed by atoms with Crippen molar-refractivity contribution in [3.8, 4) is 0 Å². The van der Waals surface area contributed by atoms with Crippen LogP contribution in [-0.2, 0) is 11.0 Å². The van der Waals surface area contributed by atoms with Gasteiger partial charge in [-0.3, -0.25) is 0 Å². The molecule has 1 rings (SSSR count). The SMILES string of the molecule is CCCCCCCCCc1[c-]cccc1.O=P([O-])([O-])[O-].[CH2-]C(CC)CCCC.[Nd+3]. The second kappa shape index (κ2) is 24.9. The topological polar surface area (TPSA) is 86.2 Å². The molecule has 0 spiro atoms. The zero-order chi connectivity index (χ0) is 21.7. The van der Waals surface area contributed by atoms with Crippen molar-refractivity contribution in [1.29, 1.82) is 0 Å². The van der Waals surface area contributed by atoms with Gasteiger partial charge in [0.1, 0.15) is 0 Å². The van der Waals surface area contributed by atoms with E-state index < -0.39 is 7.82 Å². The Morgan fingerprint density at radius 1 is 0.931 bits per heavy atom. The summed E-state index contributed by atoms with van der Waals surface area (Å²) in [6.07, 6.45) is 16.1. The van der Waals surface area contributed by atoms with E-state index in [0.717, 1.165) is 0 Å². The van der Waals surface area contributed by atoms with Crippen molar-refractivity contribution >= 4 is 7.82 Å². The normalized spacial score (nSPS) is 11.3. The fraction of sp³-hybridized carbons (Fsp3) is 0.696. The molecule has 0 saturated carbocycles. The van der Waals surface area contributed by atoms with Gasteiger partial charge in [0.15, 0.2) is 0 Å². The van der Waals surface area contributed by atoms with E-state index in [4.69, 9.17) is 19.2 Å². The van der Waals surface area contributed by atoms with Gasteiger partial charge in [0, 0.05) is 0 Å². The summed E-state index contributed by atoms with van der Waals surface area (Å²) < 4.78 is 8.55. The molecule has 0 bridgehead atoms. The van der Waals surface area contributed by atoms with Gasteiger partial charge in [-0.05, 0) is 0 Å². The van der Waals surface area contributed by atoms with E-state index in [1.54, 1.807) is 0 Å². The van der Waals surface area contributed by atoms with Gasteiger partial charge < -0.3 is 26.2 Å². The zero-order valence-corrected chi connectivity index (χ0v) is 22.8. The number of rotatable bonds is 12. The minimum Gasteiger partial charge on any atom is -0.822 e. The molecule has 1 aromatic carbocycles. The maximum atomic E-state index is 8.55. The summed E-state index contributed by atoms with van der Waals surface area (Å²) in [4.78, 5) is 25.6. The van der Waals surface area contributed by atoms with Gasteiger partial charge in [0.2, 0.25) is 0 Å². The third-order valence-corrected chi connectivity index (χ3v) is 4.37. The summed E-state index contributed by atoms with van der Waals surface area (Å²) in [5.41, 5.74) is 1.37. The molecule has 0 aromatic heterocycles. The smallest absolute Gasteiger partial charge is 0.822 e. The van der Waals surface area contributed by atoms with E-state index in [0.29, 0.717) is 5.92 Å². The number of benzene rings is 1. The van der Waals surface area contributed by atoms with Crippen molar-refractivity contribution in [3.05, 3.63) is 42.8 Å². The second-order valence-corrected chi connectivity index (χ2v) is 8.02. The van der Waals surface area contributed by atoms with E-state index >= 15 is 0 Å². The fourth-order valence-electron chi connectivity index (χ4n) is 2.56. The van der Waals surface area contributed by atoms with Crippen molar-refractivity contribution in [2.45, 2.75) is 97.8 Å². The van der Waals surface area contributed by atoms with E-state index in [-0.39, 0.29) is 40.8 Å². The molecular weight excluding hydrogens is 515 g/mol. The Balaban J connectivity index is -0.000000409. The maximum absolute atomic E-state index is 8.55. The van der Waals surface area contributed by atoms with Crippen molar-refractivity contribution < 1.29 is 60.1 Å². The third-order valence-electron chi connectivity index (χ3n) is 4.37. The molecule has 1 aromatic rings. The van der Waals surface area contributed by atoms with Crippen molar-refractivity contribution in [1.82, 2.24) is 0 Å². The van der Waals surface area contributed by atoms with Crippen LogP contribution in [0.4, 0.5) is 0 Å². The molecule has 1 unspecified atom stereocenters. The molecule has 0 saturated heterocycles. The Hall–Kier alpha value is 0.681. The first-order valence-electron chi connectivity index (χ1n) is 10.8. The van der Waals surface area contributed by atoms with Gasteiger partial charge >= 0.3 is 40.8 Å². The summed E-state index contributed by atoms with van der Waals surface area (Å²) in [5.74, 6) is 0.704. The third kappa shape index (κ3) is 36.4. The van der Waals surface area contributed by atoms with Crippen LogP contribution in [0.15, 0.2) is 24.3 Å². The summed E-state index contributed by atoms with van der Waals surface area (Å²) in [7, 11) is -5.39. The molecule has 0 aliphatic carbocycles. The summed E-state index contributed by atoms with van der Waals surface area (Å²) in [6.45, 7) is 10.7. The Kier molecular flexibility index (Phi) is 29.5. The molecule has 0 aliphatic heterocycles. The van der Waals surface area contributed by atoms with Crippen LogP contribution < -0.4 is 14.7 Å². The molecule has 0 heterocycles. The van der Waals surface area contributed by atoms with Crippen LogP contribution >= 0.6 is 7.82 Å². The van der Waals surface area contributed by atoms with Crippen molar-refractivity contribution in [2.24, 2.45) is 5.92 Å². The van der Waals surface area contributed by atoms with Gasteiger partial charge in [-0.2, -0.15) is 49.6 Å².